The first-order valence-electron chi connectivity index (χ1n) is 6.14. The Morgan fingerprint density at radius 2 is 2.05 bits per heavy atom. The van der Waals surface area contributed by atoms with Crippen LogP contribution in [0.15, 0.2) is 29.2 Å². The first kappa shape index (κ1) is 14.5. The lowest BCUT2D eigenvalue weighted by molar-refractivity contribution is -0.141. The average molecular weight is 297 g/mol. The summed E-state index contributed by atoms with van der Waals surface area (Å²) in [7, 11) is -3.40. The fourth-order valence-electron chi connectivity index (χ4n) is 2.29. The van der Waals surface area contributed by atoms with Crippen LogP contribution >= 0.6 is 0 Å². The molecule has 1 atom stereocenters. The van der Waals surface area contributed by atoms with Crippen molar-refractivity contribution in [3.63, 3.8) is 0 Å². The zero-order valence-corrected chi connectivity index (χ0v) is 11.8. The summed E-state index contributed by atoms with van der Waals surface area (Å²) in [6.45, 7) is 0.374. The summed E-state index contributed by atoms with van der Waals surface area (Å²) < 4.78 is 23.0. The van der Waals surface area contributed by atoms with Crippen LogP contribution in [0.5, 0.6) is 0 Å². The molecule has 0 aliphatic carbocycles. The largest absolute Gasteiger partial charge is 0.480 e. The Morgan fingerprint density at radius 1 is 1.35 bits per heavy atom. The van der Waals surface area contributed by atoms with Crippen molar-refractivity contribution < 1.29 is 23.1 Å². The lowest BCUT2D eigenvalue weighted by Crippen LogP contribution is -2.40. The zero-order valence-electron chi connectivity index (χ0n) is 10.9. The van der Waals surface area contributed by atoms with Gasteiger partial charge in [0.2, 0.25) is 0 Å². The highest BCUT2D eigenvalue weighted by molar-refractivity contribution is 7.90. The number of carboxylic acid groups (broad SMARTS) is 1. The quantitative estimate of drug-likeness (QED) is 0.890. The van der Waals surface area contributed by atoms with Gasteiger partial charge in [0, 0.05) is 18.4 Å². The highest BCUT2D eigenvalue weighted by Crippen LogP contribution is 2.21. The molecule has 20 heavy (non-hydrogen) atoms. The molecule has 1 amide bonds. The van der Waals surface area contributed by atoms with Crippen LogP contribution in [-0.2, 0) is 14.6 Å². The summed E-state index contributed by atoms with van der Waals surface area (Å²) in [6.07, 6.45) is 2.12. The summed E-state index contributed by atoms with van der Waals surface area (Å²) in [4.78, 5) is 24.7. The van der Waals surface area contributed by atoms with Crippen molar-refractivity contribution in [2.75, 3.05) is 12.8 Å². The number of rotatable bonds is 3. The van der Waals surface area contributed by atoms with Crippen LogP contribution < -0.4 is 0 Å². The maximum atomic E-state index is 12.3. The predicted molar refractivity (Wildman–Crippen MR) is 71.2 cm³/mol. The Bertz CT molecular complexity index is 652. The van der Waals surface area contributed by atoms with E-state index in [4.69, 9.17) is 5.11 Å². The number of carbonyl (C=O) groups excluding carboxylic acids is 1. The predicted octanol–water partition coefficient (Wildman–Crippen LogP) is 0.779. The Kier molecular flexibility index (Phi) is 3.80. The third kappa shape index (κ3) is 2.82. The summed E-state index contributed by atoms with van der Waals surface area (Å²) in [6, 6.07) is 4.84. The summed E-state index contributed by atoms with van der Waals surface area (Å²) in [5.41, 5.74) is 0.195. The minimum Gasteiger partial charge on any atom is -0.480 e. The van der Waals surface area contributed by atoms with E-state index in [9.17, 15) is 18.0 Å². The van der Waals surface area contributed by atoms with Crippen LogP contribution in [0.2, 0.25) is 0 Å². The van der Waals surface area contributed by atoms with Crippen molar-refractivity contribution in [3.05, 3.63) is 29.8 Å². The Balaban J connectivity index is 2.32. The molecular formula is C13H15NO5S. The average Bonchev–Trinajstić information content (AvgIpc) is 2.86. The van der Waals surface area contributed by atoms with Gasteiger partial charge in [-0.1, -0.05) is 6.07 Å². The fourth-order valence-corrected chi connectivity index (χ4v) is 2.96. The molecule has 0 spiro atoms. The van der Waals surface area contributed by atoms with Gasteiger partial charge in [-0.25, -0.2) is 13.2 Å². The second kappa shape index (κ2) is 5.24. The minimum absolute atomic E-state index is 0.0504. The van der Waals surface area contributed by atoms with Crippen molar-refractivity contribution >= 4 is 21.7 Å². The van der Waals surface area contributed by atoms with Gasteiger partial charge in [-0.3, -0.25) is 4.79 Å². The topological polar surface area (TPSA) is 91.8 Å². The number of carboxylic acids is 1. The molecule has 1 aromatic rings. The molecule has 1 aliphatic rings. The van der Waals surface area contributed by atoms with Crippen molar-refractivity contribution in [1.82, 2.24) is 4.90 Å². The molecular weight excluding hydrogens is 282 g/mol. The van der Waals surface area contributed by atoms with Gasteiger partial charge >= 0.3 is 5.97 Å². The lowest BCUT2D eigenvalue weighted by atomic mass is 10.1. The van der Waals surface area contributed by atoms with Crippen LogP contribution in [-0.4, -0.2) is 49.1 Å². The third-order valence-corrected chi connectivity index (χ3v) is 4.42. The second-order valence-corrected chi connectivity index (χ2v) is 6.81. The standard InChI is InChI=1S/C13H15NO5S/c1-20(18,19)10-5-2-4-9(8-10)12(15)14-7-3-6-11(14)13(16)17/h2,4-5,8,11H,3,6-7H2,1H3,(H,16,17)/t11-/m0/s1. The third-order valence-electron chi connectivity index (χ3n) is 3.31. The number of nitrogens with zero attached hydrogens (tertiary/aromatic N) is 1. The van der Waals surface area contributed by atoms with E-state index in [-0.39, 0.29) is 10.5 Å². The molecule has 1 aliphatic heterocycles. The van der Waals surface area contributed by atoms with E-state index < -0.39 is 27.8 Å². The maximum absolute atomic E-state index is 12.3. The molecule has 6 nitrogen and oxygen atoms in total. The highest BCUT2D eigenvalue weighted by Gasteiger charge is 2.34. The van der Waals surface area contributed by atoms with E-state index in [2.05, 4.69) is 0 Å². The van der Waals surface area contributed by atoms with Gasteiger partial charge in [0.1, 0.15) is 6.04 Å². The molecule has 0 aromatic heterocycles. The van der Waals surface area contributed by atoms with Crippen LogP contribution in [0.4, 0.5) is 0 Å². The van der Waals surface area contributed by atoms with Crippen molar-refractivity contribution in [3.8, 4) is 0 Å². The molecule has 0 saturated carbocycles. The normalized spacial score (nSPS) is 19.1. The van der Waals surface area contributed by atoms with E-state index in [0.717, 1.165) is 6.26 Å². The zero-order chi connectivity index (χ0) is 14.9. The van der Waals surface area contributed by atoms with E-state index in [0.29, 0.717) is 19.4 Å². The first-order valence-corrected chi connectivity index (χ1v) is 8.04. The summed E-state index contributed by atoms with van der Waals surface area (Å²) in [5, 5.41) is 9.07. The van der Waals surface area contributed by atoms with Gasteiger partial charge in [-0.05, 0) is 31.0 Å². The molecule has 0 radical (unpaired) electrons. The van der Waals surface area contributed by atoms with Crippen LogP contribution in [0, 0.1) is 0 Å². The number of benzene rings is 1. The number of likely N-dealkylation sites (tertiary alicyclic amines) is 1. The number of hydrogen-bond donors (Lipinski definition) is 1. The van der Waals surface area contributed by atoms with Gasteiger partial charge in [0.05, 0.1) is 4.90 Å². The number of carbonyl (C=O) groups is 2. The van der Waals surface area contributed by atoms with Gasteiger partial charge in [-0.15, -0.1) is 0 Å². The molecule has 1 fully saturated rings. The SMILES string of the molecule is CS(=O)(=O)c1cccc(C(=O)N2CCC[C@H]2C(=O)O)c1. The molecule has 108 valence electrons. The molecule has 1 heterocycles. The van der Waals surface area contributed by atoms with Crippen molar-refractivity contribution in [2.45, 2.75) is 23.8 Å². The Morgan fingerprint density at radius 3 is 2.65 bits per heavy atom. The summed E-state index contributed by atoms with van der Waals surface area (Å²) >= 11 is 0. The van der Waals surface area contributed by atoms with Gasteiger partial charge < -0.3 is 10.0 Å². The van der Waals surface area contributed by atoms with Crippen LogP contribution in [0.3, 0.4) is 0 Å². The molecule has 1 aromatic carbocycles. The Labute approximate surface area is 116 Å². The monoisotopic (exact) mass is 297 g/mol. The smallest absolute Gasteiger partial charge is 0.326 e. The fraction of sp³-hybridized carbons (Fsp3) is 0.385. The van der Waals surface area contributed by atoms with Crippen LogP contribution in [0.25, 0.3) is 0 Å². The van der Waals surface area contributed by atoms with Gasteiger partial charge in [0.25, 0.3) is 5.91 Å². The van der Waals surface area contributed by atoms with Crippen molar-refractivity contribution in [1.29, 1.82) is 0 Å². The Hall–Kier alpha value is -1.89. The molecule has 1 N–H and O–H groups in total. The number of sulfone groups is 1. The van der Waals surface area contributed by atoms with E-state index in [1.165, 1.54) is 29.2 Å². The molecule has 2 rings (SSSR count). The molecule has 1 saturated heterocycles. The second-order valence-electron chi connectivity index (χ2n) is 4.79. The van der Waals surface area contributed by atoms with Gasteiger partial charge in [0.15, 0.2) is 9.84 Å². The summed E-state index contributed by atoms with van der Waals surface area (Å²) in [5.74, 6) is -1.48. The van der Waals surface area contributed by atoms with E-state index in [1.54, 1.807) is 0 Å². The number of amides is 1. The van der Waals surface area contributed by atoms with Crippen molar-refractivity contribution in [2.24, 2.45) is 0 Å². The van der Waals surface area contributed by atoms with Gasteiger partial charge in [-0.2, -0.15) is 0 Å². The highest BCUT2D eigenvalue weighted by atomic mass is 32.2. The minimum atomic E-state index is -3.40. The molecule has 0 unspecified atom stereocenters. The van der Waals surface area contributed by atoms with E-state index >= 15 is 0 Å². The lowest BCUT2D eigenvalue weighted by Gasteiger charge is -2.21. The van der Waals surface area contributed by atoms with E-state index in [1.807, 2.05) is 0 Å². The van der Waals surface area contributed by atoms with Crippen LogP contribution in [0.1, 0.15) is 23.2 Å². The first-order chi connectivity index (χ1) is 9.30. The number of hydrogen-bond acceptors (Lipinski definition) is 4. The molecule has 7 heteroatoms. The maximum Gasteiger partial charge on any atom is 0.326 e. The number of aliphatic carboxylic acids is 1. The molecule has 0 bridgehead atoms.